The minimum atomic E-state index is -0.612. The van der Waals surface area contributed by atoms with Crippen LogP contribution in [0.5, 0.6) is 11.5 Å². The number of rotatable bonds is 3. The molecule has 2 rings (SSSR count). The van der Waals surface area contributed by atoms with Gasteiger partial charge in [0.25, 0.3) is 5.69 Å². The number of nitro benzene ring substituents is 1. The molecule has 0 atom stereocenters. The fourth-order valence-electron chi connectivity index (χ4n) is 1.48. The van der Waals surface area contributed by atoms with E-state index in [-0.39, 0.29) is 22.7 Å². The molecule has 94 valence electrons. The van der Waals surface area contributed by atoms with Gasteiger partial charge in [0.1, 0.15) is 17.3 Å². The third-order valence-electron chi connectivity index (χ3n) is 2.26. The van der Waals surface area contributed by atoms with E-state index < -0.39 is 10.7 Å². The first-order valence-electron chi connectivity index (χ1n) is 5.21. The highest BCUT2D eigenvalue weighted by molar-refractivity contribution is 5.43. The number of ether oxygens (including phenoxy) is 1. The van der Waals surface area contributed by atoms with E-state index in [4.69, 9.17) is 10.00 Å². The minimum Gasteiger partial charge on any atom is -0.457 e. The third kappa shape index (κ3) is 3.04. The zero-order valence-electron chi connectivity index (χ0n) is 9.54. The predicted octanol–water partition coefficient (Wildman–Crippen LogP) is 3.40. The van der Waals surface area contributed by atoms with Gasteiger partial charge in [-0.3, -0.25) is 10.1 Å². The molecule has 19 heavy (non-hydrogen) atoms. The largest absolute Gasteiger partial charge is 0.457 e. The van der Waals surface area contributed by atoms with Gasteiger partial charge in [0.05, 0.1) is 22.6 Å². The molecule has 2 aromatic rings. The van der Waals surface area contributed by atoms with E-state index in [0.717, 1.165) is 12.1 Å². The summed E-state index contributed by atoms with van der Waals surface area (Å²) in [6.07, 6.45) is 0. The molecule has 0 spiro atoms. The molecule has 0 N–H and O–H groups in total. The van der Waals surface area contributed by atoms with Crippen LogP contribution in [0.2, 0.25) is 0 Å². The Kier molecular flexibility index (Phi) is 3.39. The summed E-state index contributed by atoms with van der Waals surface area (Å²) < 4.78 is 18.5. The Balaban J connectivity index is 2.31. The van der Waals surface area contributed by atoms with E-state index >= 15 is 0 Å². The maximum atomic E-state index is 13.2. The van der Waals surface area contributed by atoms with Crippen molar-refractivity contribution in [3.63, 3.8) is 0 Å². The molecule has 0 saturated heterocycles. The lowest BCUT2D eigenvalue weighted by Crippen LogP contribution is -1.90. The Morgan fingerprint density at radius 3 is 2.68 bits per heavy atom. The average Bonchev–Trinajstić information content (AvgIpc) is 2.38. The van der Waals surface area contributed by atoms with Gasteiger partial charge >= 0.3 is 0 Å². The zero-order chi connectivity index (χ0) is 13.8. The normalized spacial score (nSPS) is 9.68. The van der Waals surface area contributed by atoms with Crippen molar-refractivity contribution in [2.75, 3.05) is 0 Å². The molecule has 2 aromatic carbocycles. The van der Waals surface area contributed by atoms with Crippen molar-refractivity contribution in [2.24, 2.45) is 0 Å². The van der Waals surface area contributed by atoms with Crippen LogP contribution in [-0.4, -0.2) is 4.92 Å². The van der Waals surface area contributed by atoms with E-state index in [1.54, 1.807) is 6.07 Å². The third-order valence-corrected chi connectivity index (χ3v) is 2.26. The topological polar surface area (TPSA) is 76.2 Å². The van der Waals surface area contributed by atoms with E-state index in [2.05, 4.69) is 0 Å². The monoisotopic (exact) mass is 258 g/mol. The van der Waals surface area contributed by atoms with Gasteiger partial charge in [0, 0.05) is 12.1 Å². The Labute approximate surface area is 107 Å². The van der Waals surface area contributed by atoms with Crippen LogP contribution in [0.4, 0.5) is 10.1 Å². The van der Waals surface area contributed by atoms with Crippen molar-refractivity contribution in [2.45, 2.75) is 0 Å². The van der Waals surface area contributed by atoms with Crippen LogP contribution in [0.3, 0.4) is 0 Å². The van der Waals surface area contributed by atoms with E-state index in [9.17, 15) is 14.5 Å². The second-order valence-corrected chi connectivity index (χ2v) is 3.64. The van der Waals surface area contributed by atoms with Gasteiger partial charge in [-0.2, -0.15) is 5.26 Å². The van der Waals surface area contributed by atoms with Crippen LogP contribution in [0, 0.1) is 27.3 Å². The molecule has 0 fully saturated rings. The lowest BCUT2D eigenvalue weighted by molar-refractivity contribution is -0.384. The number of nitriles is 1. The summed E-state index contributed by atoms with van der Waals surface area (Å²) in [4.78, 5) is 10.1. The maximum absolute atomic E-state index is 13.2. The van der Waals surface area contributed by atoms with Crippen LogP contribution < -0.4 is 4.74 Å². The summed E-state index contributed by atoms with van der Waals surface area (Å²) in [5.74, 6) is -0.305. The smallest absolute Gasteiger partial charge is 0.273 e. The number of hydrogen-bond donors (Lipinski definition) is 0. The van der Waals surface area contributed by atoms with Crippen LogP contribution >= 0.6 is 0 Å². The maximum Gasteiger partial charge on any atom is 0.273 e. The Morgan fingerprint density at radius 1 is 1.21 bits per heavy atom. The molecule has 5 nitrogen and oxygen atoms in total. The Bertz CT molecular complexity index is 680. The molecule has 0 aliphatic carbocycles. The second kappa shape index (κ2) is 5.14. The van der Waals surface area contributed by atoms with Crippen molar-refractivity contribution in [3.8, 4) is 17.6 Å². The summed E-state index contributed by atoms with van der Waals surface area (Å²) in [6, 6.07) is 10.8. The second-order valence-electron chi connectivity index (χ2n) is 3.64. The molecule has 0 aromatic heterocycles. The number of non-ortho nitro benzene ring substituents is 1. The van der Waals surface area contributed by atoms with Gasteiger partial charge in [0.2, 0.25) is 0 Å². The highest BCUT2D eigenvalue weighted by Gasteiger charge is 2.08. The molecule has 0 heterocycles. The van der Waals surface area contributed by atoms with Crippen molar-refractivity contribution >= 4 is 5.69 Å². The van der Waals surface area contributed by atoms with E-state index in [1.165, 1.54) is 30.3 Å². The predicted molar refractivity (Wildman–Crippen MR) is 64.3 cm³/mol. The van der Waals surface area contributed by atoms with Gasteiger partial charge in [-0.05, 0) is 18.2 Å². The summed E-state index contributed by atoms with van der Waals surface area (Å²) in [5, 5.41) is 19.3. The standard InChI is InChI=1S/C13H7FN2O3/c14-10-4-9(8-15)5-13(6-10)19-12-3-1-2-11(7-12)16(17)18/h1-7H. The summed E-state index contributed by atoms with van der Waals surface area (Å²) >= 11 is 0. The first kappa shape index (κ1) is 12.5. The molecule has 0 radical (unpaired) electrons. The lowest BCUT2D eigenvalue weighted by atomic mass is 10.2. The van der Waals surface area contributed by atoms with Gasteiger partial charge in [-0.25, -0.2) is 4.39 Å². The molecule has 0 saturated carbocycles. The number of nitro groups is 1. The highest BCUT2D eigenvalue weighted by atomic mass is 19.1. The van der Waals surface area contributed by atoms with Crippen LogP contribution in [0.25, 0.3) is 0 Å². The molecular weight excluding hydrogens is 251 g/mol. The number of halogens is 1. The highest BCUT2D eigenvalue weighted by Crippen LogP contribution is 2.26. The summed E-state index contributed by atoms with van der Waals surface area (Å²) in [7, 11) is 0. The lowest BCUT2D eigenvalue weighted by Gasteiger charge is -2.05. The van der Waals surface area contributed by atoms with Gasteiger partial charge in [-0.15, -0.1) is 0 Å². The van der Waals surface area contributed by atoms with Crippen molar-refractivity contribution in [1.82, 2.24) is 0 Å². The zero-order valence-corrected chi connectivity index (χ0v) is 9.54. The average molecular weight is 258 g/mol. The fourth-order valence-corrected chi connectivity index (χ4v) is 1.48. The van der Waals surface area contributed by atoms with Gasteiger partial charge < -0.3 is 4.74 Å². The fraction of sp³-hybridized carbons (Fsp3) is 0. The number of hydrogen-bond acceptors (Lipinski definition) is 4. The van der Waals surface area contributed by atoms with Crippen molar-refractivity contribution in [1.29, 1.82) is 5.26 Å². The Morgan fingerprint density at radius 2 is 2.00 bits per heavy atom. The van der Waals surface area contributed by atoms with E-state index in [0.29, 0.717) is 0 Å². The molecule has 0 bridgehead atoms. The van der Waals surface area contributed by atoms with Gasteiger partial charge in [0.15, 0.2) is 0 Å². The Hall–Kier alpha value is -2.94. The van der Waals surface area contributed by atoms with Crippen LogP contribution in [0.15, 0.2) is 42.5 Å². The molecule has 6 heteroatoms. The van der Waals surface area contributed by atoms with Crippen molar-refractivity contribution < 1.29 is 14.1 Å². The SMILES string of the molecule is N#Cc1cc(F)cc(Oc2cccc([N+](=O)[O-])c2)c1. The van der Waals surface area contributed by atoms with Crippen molar-refractivity contribution in [3.05, 3.63) is 64.0 Å². The van der Waals surface area contributed by atoms with E-state index in [1.807, 2.05) is 0 Å². The molecular formula is C13H7FN2O3. The summed E-state index contributed by atoms with van der Waals surface area (Å²) in [5.41, 5.74) is -0.0187. The summed E-state index contributed by atoms with van der Waals surface area (Å²) in [6.45, 7) is 0. The molecule has 0 amide bonds. The minimum absolute atomic E-state index is 0.108. The number of nitrogens with zero attached hydrogens (tertiary/aromatic N) is 2. The molecule has 0 aliphatic heterocycles. The number of benzene rings is 2. The first-order chi connectivity index (χ1) is 9.08. The first-order valence-corrected chi connectivity index (χ1v) is 5.21. The van der Waals surface area contributed by atoms with Gasteiger partial charge in [-0.1, -0.05) is 6.07 Å². The van der Waals surface area contributed by atoms with Crippen LogP contribution in [0.1, 0.15) is 5.56 Å². The van der Waals surface area contributed by atoms with Crippen LogP contribution in [-0.2, 0) is 0 Å². The quantitative estimate of drug-likeness (QED) is 0.624. The molecule has 0 unspecified atom stereocenters. The molecule has 0 aliphatic rings.